The average molecular weight is 327 g/mol. The lowest BCUT2D eigenvalue weighted by atomic mass is 9.98. The van der Waals surface area contributed by atoms with E-state index < -0.39 is 17.9 Å². The second kappa shape index (κ2) is 5.43. The molecule has 2 atom stereocenters. The minimum absolute atomic E-state index is 0.0301. The van der Waals surface area contributed by atoms with E-state index in [2.05, 4.69) is 0 Å². The van der Waals surface area contributed by atoms with Crippen LogP contribution in [0.25, 0.3) is 0 Å². The fourth-order valence-electron chi connectivity index (χ4n) is 3.18. The lowest BCUT2D eigenvalue weighted by Gasteiger charge is -2.32. The number of benzene rings is 1. The molecule has 0 spiro atoms. The van der Waals surface area contributed by atoms with Crippen LogP contribution < -0.4 is 9.64 Å². The van der Waals surface area contributed by atoms with E-state index in [1.807, 2.05) is 6.92 Å². The third-order valence-corrected chi connectivity index (χ3v) is 4.59. The van der Waals surface area contributed by atoms with Gasteiger partial charge in [0.05, 0.1) is 17.8 Å². The molecular weight excluding hydrogens is 311 g/mol. The van der Waals surface area contributed by atoms with Crippen molar-refractivity contribution >= 4 is 29.2 Å². The number of carbonyl (C=O) groups excluding carboxylic acids is 2. The summed E-state index contributed by atoms with van der Waals surface area (Å²) in [6.45, 7) is 1.90. The Morgan fingerprint density at radius 3 is 2.68 bits per heavy atom. The Bertz CT molecular complexity index is 652. The zero-order valence-corrected chi connectivity index (χ0v) is 13.1. The monoisotopic (exact) mass is 326 g/mol. The number of hydrogen-bond acceptors (Lipinski definition) is 3. The third kappa shape index (κ3) is 2.13. The molecule has 0 aliphatic carbocycles. The van der Waals surface area contributed by atoms with Gasteiger partial charge in [0.1, 0.15) is 17.6 Å². The first-order valence-corrected chi connectivity index (χ1v) is 7.52. The molecule has 2 aliphatic heterocycles. The quantitative estimate of drug-likeness (QED) is 0.784. The third-order valence-electron chi connectivity index (χ3n) is 4.29. The van der Waals surface area contributed by atoms with Crippen molar-refractivity contribution in [3.05, 3.63) is 23.0 Å². The summed E-state index contributed by atoms with van der Waals surface area (Å²) in [6, 6.07) is 1.33. The Morgan fingerprint density at radius 1 is 1.32 bits per heavy atom. The highest BCUT2D eigenvalue weighted by molar-refractivity contribution is 6.32. The molecule has 2 aliphatic rings. The van der Waals surface area contributed by atoms with Crippen LogP contribution in [0.5, 0.6) is 5.75 Å². The summed E-state index contributed by atoms with van der Waals surface area (Å²) in [5.41, 5.74) is -0.113. The number of ether oxygens (including phenoxy) is 1. The minimum Gasteiger partial charge on any atom is -0.495 e. The number of hydrogen-bond donors (Lipinski definition) is 0. The number of fused-ring (bicyclic) bond motifs is 1. The molecule has 5 nitrogen and oxygen atoms in total. The second-order valence-electron chi connectivity index (χ2n) is 5.60. The molecule has 2 heterocycles. The summed E-state index contributed by atoms with van der Waals surface area (Å²) in [5.74, 6) is -0.892. The molecule has 0 radical (unpaired) electrons. The summed E-state index contributed by atoms with van der Waals surface area (Å²) in [7, 11) is 1.39. The molecule has 1 aromatic rings. The topological polar surface area (TPSA) is 49.9 Å². The molecule has 0 N–H and O–H groups in total. The number of imide groups is 1. The fraction of sp³-hybridized carbons (Fsp3) is 0.467. The van der Waals surface area contributed by atoms with E-state index in [1.165, 1.54) is 13.2 Å². The van der Waals surface area contributed by atoms with Crippen LogP contribution in [0.15, 0.2) is 12.1 Å². The molecule has 0 saturated carbocycles. The van der Waals surface area contributed by atoms with Gasteiger partial charge in [-0.2, -0.15) is 0 Å². The van der Waals surface area contributed by atoms with Crippen molar-refractivity contribution in [1.82, 2.24) is 4.90 Å². The number of piperidine rings is 1. The maximum atomic E-state index is 14.2. The van der Waals surface area contributed by atoms with E-state index in [4.69, 9.17) is 16.3 Å². The van der Waals surface area contributed by atoms with E-state index in [-0.39, 0.29) is 28.4 Å². The van der Waals surface area contributed by atoms with Crippen molar-refractivity contribution in [3.8, 4) is 5.75 Å². The predicted molar refractivity (Wildman–Crippen MR) is 79.8 cm³/mol. The summed E-state index contributed by atoms with van der Waals surface area (Å²) in [6.07, 6.45) is 2.33. The van der Waals surface area contributed by atoms with Crippen LogP contribution in [0.4, 0.5) is 14.9 Å². The predicted octanol–water partition coefficient (Wildman–Crippen LogP) is 3.20. The Morgan fingerprint density at radius 2 is 2.05 bits per heavy atom. The maximum absolute atomic E-state index is 14.2. The molecule has 1 aromatic carbocycles. The normalized spacial score (nSPS) is 24.7. The summed E-state index contributed by atoms with van der Waals surface area (Å²) in [4.78, 5) is 27.6. The van der Waals surface area contributed by atoms with Crippen molar-refractivity contribution in [2.75, 3.05) is 12.0 Å². The highest BCUT2D eigenvalue weighted by atomic mass is 35.5. The molecular formula is C15H16ClFN2O3. The Labute approximate surface area is 132 Å². The van der Waals surface area contributed by atoms with Crippen LogP contribution in [0.3, 0.4) is 0 Å². The fourth-order valence-corrected chi connectivity index (χ4v) is 3.41. The number of anilines is 1. The first-order chi connectivity index (χ1) is 10.5. The Hall–Kier alpha value is -1.82. The molecule has 7 heteroatoms. The van der Waals surface area contributed by atoms with E-state index in [0.717, 1.165) is 23.8 Å². The molecule has 118 valence electrons. The summed E-state index contributed by atoms with van der Waals surface area (Å²) >= 11 is 5.86. The van der Waals surface area contributed by atoms with E-state index >= 15 is 0 Å². The second-order valence-corrected chi connectivity index (χ2v) is 6.00. The highest BCUT2D eigenvalue weighted by Gasteiger charge is 2.49. The van der Waals surface area contributed by atoms with Crippen LogP contribution in [-0.4, -0.2) is 36.0 Å². The SMILES string of the molecule is COc1cc(N2C(=O)C3CCCC(C)N3C2=O)c(F)cc1Cl. The minimum atomic E-state index is -0.722. The number of halogens is 2. The largest absolute Gasteiger partial charge is 0.495 e. The summed E-state index contributed by atoms with van der Waals surface area (Å²) in [5, 5.41) is 0.0916. The van der Waals surface area contributed by atoms with Gasteiger partial charge in [-0.15, -0.1) is 0 Å². The van der Waals surface area contributed by atoms with Gasteiger partial charge in [-0.05, 0) is 32.3 Å². The average Bonchev–Trinajstić information content (AvgIpc) is 2.73. The van der Waals surface area contributed by atoms with Crippen molar-refractivity contribution in [2.45, 2.75) is 38.3 Å². The smallest absolute Gasteiger partial charge is 0.332 e. The van der Waals surface area contributed by atoms with Crippen LogP contribution in [-0.2, 0) is 4.79 Å². The van der Waals surface area contributed by atoms with Gasteiger partial charge in [0, 0.05) is 12.1 Å². The van der Waals surface area contributed by atoms with Gasteiger partial charge in [-0.25, -0.2) is 14.1 Å². The van der Waals surface area contributed by atoms with Gasteiger partial charge in [-0.1, -0.05) is 11.6 Å². The molecule has 2 fully saturated rings. The van der Waals surface area contributed by atoms with Crippen molar-refractivity contribution in [1.29, 1.82) is 0 Å². The lowest BCUT2D eigenvalue weighted by molar-refractivity contribution is -0.120. The first-order valence-electron chi connectivity index (χ1n) is 7.15. The number of nitrogens with zero attached hydrogens (tertiary/aromatic N) is 2. The first kappa shape index (κ1) is 15.1. The van der Waals surface area contributed by atoms with Gasteiger partial charge in [0.2, 0.25) is 0 Å². The zero-order chi connectivity index (χ0) is 16.0. The van der Waals surface area contributed by atoms with Gasteiger partial charge in [-0.3, -0.25) is 4.79 Å². The van der Waals surface area contributed by atoms with Gasteiger partial charge >= 0.3 is 6.03 Å². The van der Waals surface area contributed by atoms with Crippen LogP contribution in [0, 0.1) is 5.82 Å². The molecule has 2 saturated heterocycles. The van der Waals surface area contributed by atoms with E-state index in [9.17, 15) is 14.0 Å². The van der Waals surface area contributed by atoms with Crippen molar-refractivity contribution < 1.29 is 18.7 Å². The standard InChI is InChI=1S/C15H16ClFN2O3/c1-8-4-3-5-11-14(20)19(15(21)18(8)11)12-7-13(22-2)9(16)6-10(12)17/h6-8,11H,3-5H2,1-2H3. The van der Waals surface area contributed by atoms with Gasteiger partial charge < -0.3 is 9.64 Å². The van der Waals surface area contributed by atoms with E-state index in [0.29, 0.717) is 6.42 Å². The van der Waals surface area contributed by atoms with Crippen LogP contribution >= 0.6 is 11.6 Å². The number of amides is 3. The molecule has 0 aromatic heterocycles. The molecule has 3 rings (SSSR count). The maximum Gasteiger partial charge on any atom is 0.332 e. The highest BCUT2D eigenvalue weighted by Crippen LogP contribution is 2.38. The number of urea groups is 1. The zero-order valence-electron chi connectivity index (χ0n) is 12.3. The molecule has 3 amide bonds. The molecule has 0 bridgehead atoms. The van der Waals surface area contributed by atoms with Gasteiger partial charge in [0.15, 0.2) is 0 Å². The summed E-state index contributed by atoms with van der Waals surface area (Å²) < 4.78 is 19.3. The Balaban J connectivity index is 2.05. The lowest BCUT2D eigenvalue weighted by Crippen LogP contribution is -2.45. The van der Waals surface area contributed by atoms with E-state index in [1.54, 1.807) is 4.90 Å². The van der Waals surface area contributed by atoms with Crippen LogP contribution in [0.1, 0.15) is 26.2 Å². The Kier molecular flexibility index (Phi) is 3.72. The number of rotatable bonds is 2. The number of carbonyl (C=O) groups is 2. The van der Waals surface area contributed by atoms with Crippen LogP contribution in [0.2, 0.25) is 5.02 Å². The van der Waals surface area contributed by atoms with Gasteiger partial charge in [0.25, 0.3) is 5.91 Å². The van der Waals surface area contributed by atoms with Crippen molar-refractivity contribution in [3.63, 3.8) is 0 Å². The molecule has 2 unspecified atom stereocenters. The van der Waals surface area contributed by atoms with Crippen molar-refractivity contribution in [2.24, 2.45) is 0 Å². The molecule has 22 heavy (non-hydrogen) atoms. The number of methoxy groups -OCH3 is 1.